The Labute approximate surface area is 129 Å². The van der Waals surface area contributed by atoms with Crippen molar-refractivity contribution in [3.05, 3.63) is 35.9 Å². The lowest BCUT2D eigenvalue weighted by molar-refractivity contribution is -0.120. The molecule has 0 atom stereocenters. The van der Waals surface area contributed by atoms with Gasteiger partial charge >= 0.3 is 0 Å². The van der Waals surface area contributed by atoms with Gasteiger partial charge in [0, 0.05) is 12.5 Å². The van der Waals surface area contributed by atoms with Crippen LogP contribution in [-0.2, 0) is 11.2 Å². The first-order valence-corrected chi connectivity index (χ1v) is 8.45. The van der Waals surface area contributed by atoms with E-state index in [-0.39, 0.29) is 0 Å². The Morgan fingerprint density at radius 2 is 1.86 bits per heavy atom. The summed E-state index contributed by atoms with van der Waals surface area (Å²) in [5.74, 6) is 1.06. The Morgan fingerprint density at radius 3 is 2.48 bits per heavy atom. The third kappa shape index (κ3) is 5.62. The molecule has 0 spiro atoms. The van der Waals surface area contributed by atoms with E-state index in [1.54, 1.807) is 0 Å². The Hall–Kier alpha value is -1.15. The van der Waals surface area contributed by atoms with Gasteiger partial charge in [-0.2, -0.15) is 0 Å². The second-order valence-electron chi connectivity index (χ2n) is 6.79. The monoisotopic (exact) mass is 287 g/mol. The summed E-state index contributed by atoms with van der Waals surface area (Å²) < 4.78 is 0. The van der Waals surface area contributed by atoms with E-state index in [4.69, 9.17) is 0 Å². The number of hydrogen-bond donors (Lipinski definition) is 0. The molecule has 2 heteroatoms. The molecule has 1 fully saturated rings. The standard InChI is InChI=1S/C19H29NO/c1-16(2)12-13-20(18-10-6-7-11-18)15-19(21)14-17-8-4-3-5-9-17/h3-5,8-9,16,18H,6-7,10-15H2,1-2H3. The van der Waals surface area contributed by atoms with E-state index in [2.05, 4.69) is 18.7 Å². The van der Waals surface area contributed by atoms with E-state index in [1.807, 2.05) is 30.3 Å². The first kappa shape index (κ1) is 16.2. The molecule has 0 saturated heterocycles. The fourth-order valence-electron chi connectivity index (χ4n) is 3.19. The molecule has 116 valence electrons. The molecule has 1 saturated carbocycles. The highest BCUT2D eigenvalue weighted by Gasteiger charge is 2.24. The largest absolute Gasteiger partial charge is 0.298 e. The fourth-order valence-corrected chi connectivity index (χ4v) is 3.19. The minimum absolute atomic E-state index is 0.358. The maximum atomic E-state index is 12.4. The quantitative estimate of drug-likeness (QED) is 0.718. The molecule has 1 aliphatic rings. The van der Waals surface area contributed by atoms with Gasteiger partial charge in [-0.15, -0.1) is 0 Å². The van der Waals surface area contributed by atoms with Crippen molar-refractivity contribution in [2.45, 2.75) is 58.4 Å². The van der Waals surface area contributed by atoms with Gasteiger partial charge in [0.15, 0.2) is 5.78 Å². The van der Waals surface area contributed by atoms with E-state index in [0.717, 1.165) is 12.1 Å². The van der Waals surface area contributed by atoms with Gasteiger partial charge in [-0.25, -0.2) is 0 Å². The van der Waals surface area contributed by atoms with Gasteiger partial charge in [0.25, 0.3) is 0 Å². The van der Waals surface area contributed by atoms with Gasteiger partial charge in [-0.1, -0.05) is 57.0 Å². The van der Waals surface area contributed by atoms with Crippen LogP contribution in [0.25, 0.3) is 0 Å². The minimum Gasteiger partial charge on any atom is -0.298 e. The Morgan fingerprint density at radius 1 is 1.19 bits per heavy atom. The number of benzene rings is 1. The maximum Gasteiger partial charge on any atom is 0.151 e. The zero-order chi connectivity index (χ0) is 15.1. The fraction of sp³-hybridized carbons (Fsp3) is 0.632. The third-order valence-electron chi connectivity index (χ3n) is 4.46. The van der Waals surface area contributed by atoms with Crippen LogP contribution in [-0.4, -0.2) is 29.8 Å². The smallest absolute Gasteiger partial charge is 0.151 e. The number of ketones is 1. The van der Waals surface area contributed by atoms with Crippen LogP contribution in [0.3, 0.4) is 0 Å². The highest BCUT2D eigenvalue weighted by atomic mass is 16.1. The van der Waals surface area contributed by atoms with Gasteiger partial charge in [0.2, 0.25) is 0 Å². The molecule has 0 bridgehead atoms. The molecule has 1 aliphatic carbocycles. The van der Waals surface area contributed by atoms with Gasteiger partial charge in [0.1, 0.15) is 0 Å². The van der Waals surface area contributed by atoms with E-state index < -0.39 is 0 Å². The molecular formula is C19H29NO. The maximum absolute atomic E-state index is 12.4. The summed E-state index contributed by atoms with van der Waals surface area (Å²) in [5, 5.41) is 0. The van der Waals surface area contributed by atoms with Gasteiger partial charge in [0.05, 0.1) is 6.54 Å². The van der Waals surface area contributed by atoms with Crippen LogP contribution < -0.4 is 0 Å². The Bertz CT molecular complexity index is 420. The van der Waals surface area contributed by atoms with Crippen LogP contribution in [0.15, 0.2) is 30.3 Å². The lowest BCUT2D eigenvalue weighted by Crippen LogP contribution is -2.39. The zero-order valence-corrected chi connectivity index (χ0v) is 13.6. The first-order chi connectivity index (χ1) is 10.1. The molecule has 0 radical (unpaired) electrons. The first-order valence-electron chi connectivity index (χ1n) is 8.45. The van der Waals surface area contributed by atoms with Crippen LogP contribution in [0.2, 0.25) is 0 Å². The number of Topliss-reactive ketones (excluding diaryl/α,β-unsaturated/α-hetero) is 1. The average molecular weight is 287 g/mol. The highest BCUT2D eigenvalue weighted by Crippen LogP contribution is 2.24. The van der Waals surface area contributed by atoms with Crippen molar-refractivity contribution in [3.63, 3.8) is 0 Å². The predicted octanol–water partition coefficient (Wildman–Crippen LogP) is 4.09. The van der Waals surface area contributed by atoms with Crippen molar-refractivity contribution in [1.82, 2.24) is 4.90 Å². The van der Waals surface area contributed by atoms with Crippen molar-refractivity contribution < 1.29 is 4.79 Å². The zero-order valence-electron chi connectivity index (χ0n) is 13.6. The number of carbonyl (C=O) groups excluding carboxylic acids is 1. The molecule has 1 aromatic carbocycles. The lowest BCUT2D eigenvalue weighted by atomic mass is 10.1. The van der Waals surface area contributed by atoms with Gasteiger partial charge in [-0.3, -0.25) is 9.69 Å². The van der Waals surface area contributed by atoms with Crippen molar-refractivity contribution >= 4 is 5.78 Å². The molecule has 0 aliphatic heterocycles. The Kier molecular flexibility index (Phi) is 6.44. The average Bonchev–Trinajstić information content (AvgIpc) is 2.98. The summed E-state index contributed by atoms with van der Waals surface area (Å²) >= 11 is 0. The van der Waals surface area contributed by atoms with E-state index in [1.165, 1.54) is 32.1 Å². The second kappa shape index (κ2) is 8.33. The van der Waals surface area contributed by atoms with Crippen LogP contribution >= 0.6 is 0 Å². The van der Waals surface area contributed by atoms with Crippen LogP contribution in [0, 0.1) is 5.92 Å². The number of nitrogens with zero attached hydrogens (tertiary/aromatic N) is 1. The number of rotatable bonds is 8. The molecule has 0 amide bonds. The van der Waals surface area contributed by atoms with E-state index in [0.29, 0.717) is 30.7 Å². The van der Waals surface area contributed by atoms with Crippen molar-refractivity contribution in [2.24, 2.45) is 5.92 Å². The van der Waals surface area contributed by atoms with Crippen LogP contribution in [0.5, 0.6) is 0 Å². The van der Waals surface area contributed by atoms with Crippen LogP contribution in [0.4, 0.5) is 0 Å². The second-order valence-corrected chi connectivity index (χ2v) is 6.79. The molecule has 21 heavy (non-hydrogen) atoms. The normalized spacial score (nSPS) is 16.0. The molecule has 0 N–H and O–H groups in total. The summed E-state index contributed by atoms with van der Waals surface area (Å²) in [6.45, 7) is 6.23. The summed E-state index contributed by atoms with van der Waals surface area (Å²) in [7, 11) is 0. The summed E-state index contributed by atoms with van der Waals surface area (Å²) in [5.41, 5.74) is 1.14. The van der Waals surface area contributed by atoms with Crippen LogP contribution in [0.1, 0.15) is 51.5 Å². The lowest BCUT2D eigenvalue weighted by Gasteiger charge is -2.28. The van der Waals surface area contributed by atoms with E-state index in [9.17, 15) is 4.79 Å². The molecule has 0 unspecified atom stereocenters. The number of hydrogen-bond acceptors (Lipinski definition) is 2. The van der Waals surface area contributed by atoms with E-state index >= 15 is 0 Å². The summed E-state index contributed by atoms with van der Waals surface area (Å²) in [6, 6.07) is 10.8. The molecule has 2 nitrogen and oxygen atoms in total. The van der Waals surface area contributed by atoms with Gasteiger partial charge in [-0.05, 0) is 37.3 Å². The van der Waals surface area contributed by atoms with Crippen molar-refractivity contribution in [2.75, 3.05) is 13.1 Å². The Balaban J connectivity index is 1.88. The molecule has 0 aromatic heterocycles. The summed E-state index contributed by atoms with van der Waals surface area (Å²) in [4.78, 5) is 14.8. The minimum atomic E-state index is 0.358. The van der Waals surface area contributed by atoms with Crippen molar-refractivity contribution in [3.8, 4) is 0 Å². The van der Waals surface area contributed by atoms with Gasteiger partial charge < -0.3 is 0 Å². The summed E-state index contributed by atoms with van der Waals surface area (Å²) in [6.07, 6.45) is 6.97. The molecule has 1 aromatic rings. The number of carbonyl (C=O) groups is 1. The third-order valence-corrected chi connectivity index (χ3v) is 4.46. The van der Waals surface area contributed by atoms with Crippen molar-refractivity contribution in [1.29, 1.82) is 0 Å². The predicted molar refractivity (Wildman–Crippen MR) is 88.4 cm³/mol. The molecule has 0 heterocycles. The topological polar surface area (TPSA) is 20.3 Å². The molecule has 2 rings (SSSR count). The highest BCUT2D eigenvalue weighted by molar-refractivity contribution is 5.82. The molecular weight excluding hydrogens is 258 g/mol. The SMILES string of the molecule is CC(C)CCN(CC(=O)Cc1ccccc1)C1CCCC1.